The van der Waals surface area contributed by atoms with Crippen LogP contribution in [0.5, 0.6) is 0 Å². The summed E-state index contributed by atoms with van der Waals surface area (Å²) < 4.78 is 5.18. The molecule has 2 aromatic rings. The molecule has 0 radical (unpaired) electrons. The third-order valence-corrected chi connectivity index (χ3v) is 4.30. The van der Waals surface area contributed by atoms with Gasteiger partial charge in [0, 0.05) is 15.8 Å². The van der Waals surface area contributed by atoms with Crippen LogP contribution in [0.3, 0.4) is 0 Å². The molecule has 0 saturated carbocycles. The van der Waals surface area contributed by atoms with Gasteiger partial charge in [0.05, 0.1) is 11.9 Å². The van der Waals surface area contributed by atoms with Crippen LogP contribution in [0, 0.1) is 0 Å². The van der Waals surface area contributed by atoms with Crippen LogP contribution in [-0.2, 0) is 5.75 Å². The van der Waals surface area contributed by atoms with Crippen LogP contribution >= 0.6 is 23.4 Å². The Labute approximate surface area is 121 Å². The Morgan fingerprint density at radius 3 is 2.63 bits per heavy atom. The molecule has 19 heavy (non-hydrogen) atoms. The molecule has 4 nitrogen and oxygen atoms in total. The fraction of sp³-hybridized carbons (Fsp3) is 0.385. The molecule has 0 fully saturated rings. The van der Waals surface area contributed by atoms with Crippen LogP contribution in [0.4, 0.5) is 0 Å². The maximum Gasteiger partial charge on any atom is 0.236 e. The lowest BCUT2D eigenvalue weighted by atomic mass is 10.2. The van der Waals surface area contributed by atoms with Gasteiger partial charge in [-0.3, -0.25) is 0 Å². The lowest BCUT2D eigenvalue weighted by Crippen LogP contribution is -2.15. The zero-order valence-electron chi connectivity index (χ0n) is 10.7. The van der Waals surface area contributed by atoms with Crippen LogP contribution in [0.1, 0.15) is 19.7 Å². The molecule has 2 unspecified atom stereocenters. The smallest absolute Gasteiger partial charge is 0.236 e. The van der Waals surface area contributed by atoms with Gasteiger partial charge in [0.1, 0.15) is 0 Å². The number of benzene rings is 1. The number of halogens is 1. The Bertz CT molecular complexity index is 528. The number of thioether (sulfide) groups is 1. The number of nitrogens with zero attached hydrogens (tertiary/aromatic N) is 2. The monoisotopic (exact) mass is 298 g/mol. The standard InChI is InChI=1S/C13H15ClN2O2S/c1-8(17)9(2)19-7-12-15-13(16-18-12)10-3-5-11(14)6-4-10/h3-6,8-9,17H,7H2,1-2H3. The Morgan fingerprint density at radius 2 is 2.00 bits per heavy atom. The van der Waals surface area contributed by atoms with Crippen molar-refractivity contribution in [2.75, 3.05) is 0 Å². The molecule has 0 aliphatic heterocycles. The third-order valence-electron chi connectivity index (χ3n) is 2.72. The van der Waals surface area contributed by atoms with Crippen molar-refractivity contribution in [3.8, 4) is 11.4 Å². The van der Waals surface area contributed by atoms with Crippen molar-refractivity contribution < 1.29 is 9.63 Å². The van der Waals surface area contributed by atoms with Gasteiger partial charge in [0.15, 0.2) is 0 Å². The second kappa shape index (κ2) is 6.41. The van der Waals surface area contributed by atoms with Crippen LogP contribution in [-0.4, -0.2) is 26.6 Å². The van der Waals surface area contributed by atoms with Gasteiger partial charge in [-0.2, -0.15) is 4.98 Å². The average molecular weight is 299 g/mol. The first kappa shape index (κ1) is 14.4. The molecule has 0 aliphatic carbocycles. The van der Waals surface area contributed by atoms with Crippen LogP contribution in [0.2, 0.25) is 5.02 Å². The molecule has 1 aromatic heterocycles. The SMILES string of the molecule is CC(O)C(C)SCc1nc(-c2ccc(Cl)cc2)no1. The molecular weight excluding hydrogens is 284 g/mol. The van der Waals surface area contributed by atoms with Gasteiger partial charge in [0.2, 0.25) is 11.7 Å². The van der Waals surface area contributed by atoms with Crippen molar-refractivity contribution >= 4 is 23.4 Å². The number of hydrogen-bond donors (Lipinski definition) is 1. The van der Waals surface area contributed by atoms with E-state index in [4.69, 9.17) is 16.1 Å². The van der Waals surface area contributed by atoms with E-state index in [1.165, 1.54) is 0 Å². The highest BCUT2D eigenvalue weighted by Crippen LogP contribution is 2.22. The first-order chi connectivity index (χ1) is 9.06. The highest BCUT2D eigenvalue weighted by molar-refractivity contribution is 7.99. The van der Waals surface area contributed by atoms with E-state index in [0.29, 0.717) is 22.5 Å². The van der Waals surface area contributed by atoms with Gasteiger partial charge in [-0.05, 0) is 31.2 Å². The average Bonchev–Trinajstić information content (AvgIpc) is 2.85. The first-order valence-corrected chi connectivity index (χ1v) is 7.37. The molecule has 0 aliphatic rings. The largest absolute Gasteiger partial charge is 0.392 e. The minimum Gasteiger partial charge on any atom is -0.392 e. The number of rotatable bonds is 5. The van der Waals surface area contributed by atoms with E-state index >= 15 is 0 Å². The summed E-state index contributed by atoms with van der Waals surface area (Å²) in [4.78, 5) is 4.32. The predicted octanol–water partition coefficient (Wildman–Crippen LogP) is 3.39. The highest BCUT2D eigenvalue weighted by Gasteiger charge is 2.13. The summed E-state index contributed by atoms with van der Waals surface area (Å²) in [6.45, 7) is 3.73. The molecule has 1 N–H and O–H groups in total. The summed E-state index contributed by atoms with van der Waals surface area (Å²) in [5.41, 5.74) is 0.868. The van der Waals surface area contributed by atoms with Gasteiger partial charge in [-0.15, -0.1) is 11.8 Å². The van der Waals surface area contributed by atoms with Gasteiger partial charge >= 0.3 is 0 Å². The van der Waals surface area contributed by atoms with E-state index in [0.717, 1.165) is 5.56 Å². The third kappa shape index (κ3) is 3.96. The molecular formula is C13H15ClN2O2S. The van der Waals surface area contributed by atoms with E-state index in [9.17, 15) is 5.11 Å². The second-order valence-corrected chi connectivity index (χ2v) is 6.08. The number of aliphatic hydroxyl groups is 1. The number of aliphatic hydroxyl groups excluding tert-OH is 1. The molecule has 102 valence electrons. The lowest BCUT2D eigenvalue weighted by molar-refractivity contribution is 0.196. The number of aromatic nitrogens is 2. The van der Waals surface area contributed by atoms with E-state index in [-0.39, 0.29) is 11.4 Å². The Balaban J connectivity index is 2.01. The summed E-state index contributed by atoms with van der Waals surface area (Å²) in [5, 5.41) is 14.1. The van der Waals surface area contributed by atoms with Crippen LogP contribution < -0.4 is 0 Å². The zero-order valence-corrected chi connectivity index (χ0v) is 12.3. The van der Waals surface area contributed by atoms with Crippen molar-refractivity contribution in [2.45, 2.75) is 31.0 Å². The predicted molar refractivity (Wildman–Crippen MR) is 77.2 cm³/mol. The minimum atomic E-state index is -0.358. The summed E-state index contributed by atoms with van der Waals surface area (Å²) in [7, 11) is 0. The van der Waals surface area contributed by atoms with Crippen LogP contribution in [0.25, 0.3) is 11.4 Å². The van der Waals surface area contributed by atoms with Crippen molar-refractivity contribution in [1.29, 1.82) is 0 Å². The Morgan fingerprint density at radius 1 is 1.32 bits per heavy atom. The maximum absolute atomic E-state index is 9.41. The van der Waals surface area contributed by atoms with Crippen molar-refractivity contribution in [2.24, 2.45) is 0 Å². The van der Waals surface area contributed by atoms with E-state index < -0.39 is 0 Å². The Kier molecular flexibility index (Phi) is 4.85. The maximum atomic E-state index is 9.41. The molecule has 1 heterocycles. The topological polar surface area (TPSA) is 59.2 Å². The van der Waals surface area contributed by atoms with Crippen molar-refractivity contribution in [3.05, 3.63) is 35.2 Å². The molecule has 0 bridgehead atoms. The Hall–Kier alpha value is -1.04. The fourth-order valence-electron chi connectivity index (χ4n) is 1.37. The normalized spacial score (nSPS) is 14.3. The summed E-state index contributed by atoms with van der Waals surface area (Å²) in [6.07, 6.45) is -0.358. The first-order valence-electron chi connectivity index (χ1n) is 5.94. The molecule has 0 amide bonds. The molecule has 2 atom stereocenters. The fourth-order valence-corrected chi connectivity index (χ4v) is 2.30. The molecule has 1 aromatic carbocycles. The minimum absolute atomic E-state index is 0.130. The second-order valence-electron chi connectivity index (χ2n) is 4.28. The van der Waals surface area contributed by atoms with Crippen molar-refractivity contribution in [1.82, 2.24) is 10.1 Å². The van der Waals surface area contributed by atoms with E-state index in [1.807, 2.05) is 19.1 Å². The molecule has 2 rings (SSSR count). The van der Waals surface area contributed by atoms with Crippen LogP contribution in [0.15, 0.2) is 28.8 Å². The van der Waals surface area contributed by atoms with Crippen molar-refractivity contribution in [3.63, 3.8) is 0 Å². The quantitative estimate of drug-likeness (QED) is 0.917. The molecule has 6 heteroatoms. The van der Waals surface area contributed by atoms with Gasteiger partial charge in [0.25, 0.3) is 0 Å². The number of hydrogen-bond acceptors (Lipinski definition) is 5. The lowest BCUT2D eigenvalue weighted by Gasteiger charge is -2.11. The molecule has 0 spiro atoms. The van der Waals surface area contributed by atoms with E-state index in [2.05, 4.69) is 10.1 Å². The summed E-state index contributed by atoms with van der Waals surface area (Å²) in [6, 6.07) is 7.28. The summed E-state index contributed by atoms with van der Waals surface area (Å²) in [5.74, 6) is 1.70. The molecule has 0 saturated heterocycles. The van der Waals surface area contributed by atoms with Gasteiger partial charge < -0.3 is 9.63 Å². The highest BCUT2D eigenvalue weighted by atomic mass is 35.5. The summed E-state index contributed by atoms with van der Waals surface area (Å²) >= 11 is 7.41. The van der Waals surface area contributed by atoms with Gasteiger partial charge in [-0.1, -0.05) is 23.7 Å². The van der Waals surface area contributed by atoms with Gasteiger partial charge in [-0.25, -0.2) is 0 Å². The zero-order chi connectivity index (χ0) is 13.8. The van der Waals surface area contributed by atoms with E-state index in [1.54, 1.807) is 30.8 Å².